The number of rotatable bonds is 3. The molecule has 3 aliphatic rings. The fourth-order valence-electron chi connectivity index (χ4n) is 6.82. The number of aromatic amines is 2. The molecule has 6 heterocycles. The van der Waals surface area contributed by atoms with Gasteiger partial charge in [0.05, 0.1) is 29.0 Å². The van der Waals surface area contributed by atoms with Gasteiger partial charge in [0, 0.05) is 31.9 Å². The molecular weight excluding hydrogens is 488 g/mol. The molecule has 1 saturated heterocycles. The lowest BCUT2D eigenvalue weighted by Gasteiger charge is -2.42. The van der Waals surface area contributed by atoms with Crippen LogP contribution in [0.15, 0.2) is 54.9 Å². The van der Waals surface area contributed by atoms with Gasteiger partial charge in [0.15, 0.2) is 17.0 Å². The van der Waals surface area contributed by atoms with E-state index in [4.69, 9.17) is 20.7 Å². The monoisotopic (exact) mass is 518 g/mol. The van der Waals surface area contributed by atoms with Crippen LogP contribution in [0.5, 0.6) is 0 Å². The van der Waals surface area contributed by atoms with Gasteiger partial charge in [-0.3, -0.25) is 10.2 Å². The molecule has 39 heavy (non-hydrogen) atoms. The SMILES string of the molecule is N[C@@H]1c2ccccc2CC12CCN(c1cnc3c(N4CCCc5nc(-c6ccn[nH]6)ccc54)n[nH]c3n1)CC2. The zero-order valence-electron chi connectivity index (χ0n) is 21.6. The summed E-state index contributed by atoms with van der Waals surface area (Å²) in [6.45, 7) is 2.71. The number of benzene rings is 1. The minimum absolute atomic E-state index is 0.108. The lowest BCUT2D eigenvalue weighted by molar-refractivity contribution is 0.187. The molecule has 0 radical (unpaired) electrons. The molecule has 1 fully saturated rings. The summed E-state index contributed by atoms with van der Waals surface area (Å²) in [5.74, 6) is 1.69. The average molecular weight is 519 g/mol. The Hall–Kier alpha value is -4.31. The zero-order valence-corrected chi connectivity index (χ0v) is 21.6. The Kier molecular flexibility index (Phi) is 5.00. The van der Waals surface area contributed by atoms with Gasteiger partial charge in [0.2, 0.25) is 0 Å². The van der Waals surface area contributed by atoms with Crippen molar-refractivity contribution in [2.45, 2.75) is 38.1 Å². The number of aromatic nitrogens is 7. The number of hydrogen-bond acceptors (Lipinski definition) is 8. The third-order valence-electron chi connectivity index (χ3n) is 8.98. The van der Waals surface area contributed by atoms with Crippen LogP contribution in [0.4, 0.5) is 17.3 Å². The number of nitrogens with two attached hydrogens (primary N) is 1. The summed E-state index contributed by atoms with van der Waals surface area (Å²) in [7, 11) is 0. The first kappa shape index (κ1) is 22.7. The molecule has 0 unspecified atom stereocenters. The van der Waals surface area contributed by atoms with Crippen molar-refractivity contribution in [3.63, 3.8) is 0 Å². The van der Waals surface area contributed by atoms with Crippen molar-refractivity contribution in [2.24, 2.45) is 11.1 Å². The predicted octanol–water partition coefficient (Wildman–Crippen LogP) is 4.07. The number of hydrogen-bond donors (Lipinski definition) is 3. The smallest absolute Gasteiger partial charge is 0.183 e. The van der Waals surface area contributed by atoms with Crippen LogP contribution in [0.3, 0.4) is 0 Å². The third kappa shape index (κ3) is 3.55. The first-order valence-corrected chi connectivity index (χ1v) is 13.8. The molecule has 196 valence electrons. The van der Waals surface area contributed by atoms with Crippen LogP contribution >= 0.6 is 0 Å². The quantitative estimate of drug-likeness (QED) is 0.326. The normalized spacial score (nSPS) is 20.0. The summed E-state index contributed by atoms with van der Waals surface area (Å²) in [5.41, 5.74) is 15.1. The van der Waals surface area contributed by atoms with Gasteiger partial charge in [0.25, 0.3) is 0 Å². The molecule has 4 N–H and O–H groups in total. The van der Waals surface area contributed by atoms with Crippen LogP contribution in [0, 0.1) is 5.41 Å². The van der Waals surface area contributed by atoms with Crippen molar-refractivity contribution < 1.29 is 0 Å². The maximum Gasteiger partial charge on any atom is 0.183 e. The van der Waals surface area contributed by atoms with Gasteiger partial charge in [-0.25, -0.2) is 15.0 Å². The van der Waals surface area contributed by atoms with E-state index in [0.717, 1.165) is 91.7 Å². The fourth-order valence-corrected chi connectivity index (χ4v) is 6.82. The topological polar surface area (TPSA) is 129 Å². The summed E-state index contributed by atoms with van der Waals surface area (Å²) in [6, 6.07) is 14.9. The summed E-state index contributed by atoms with van der Waals surface area (Å²) in [6.07, 6.45) is 8.74. The number of nitrogens with zero attached hydrogens (tertiary/aromatic N) is 7. The number of pyridine rings is 1. The largest absolute Gasteiger partial charge is 0.355 e. The van der Waals surface area contributed by atoms with E-state index in [1.807, 2.05) is 18.3 Å². The Balaban J connectivity index is 1.04. The lowest BCUT2D eigenvalue weighted by atomic mass is 9.73. The second-order valence-electron chi connectivity index (χ2n) is 11.1. The Labute approximate surface area is 225 Å². The molecule has 0 amide bonds. The second kappa shape index (κ2) is 8.60. The van der Waals surface area contributed by atoms with Crippen molar-refractivity contribution in [2.75, 3.05) is 29.4 Å². The molecular formula is C29H30N10. The summed E-state index contributed by atoms with van der Waals surface area (Å²) >= 11 is 0. The number of anilines is 3. The van der Waals surface area contributed by atoms with Gasteiger partial charge >= 0.3 is 0 Å². The van der Waals surface area contributed by atoms with Crippen LogP contribution in [-0.2, 0) is 12.8 Å². The van der Waals surface area contributed by atoms with Crippen molar-refractivity contribution in [3.8, 4) is 11.4 Å². The molecule has 0 saturated carbocycles. The molecule has 1 aromatic carbocycles. The maximum absolute atomic E-state index is 6.78. The molecule has 4 aromatic heterocycles. The molecule has 10 nitrogen and oxygen atoms in total. The highest BCUT2D eigenvalue weighted by molar-refractivity contribution is 5.87. The van der Waals surface area contributed by atoms with E-state index in [-0.39, 0.29) is 11.5 Å². The van der Waals surface area contributed by atoms with Crippen LogP contribution in [-0.4, -0.2) is 55.0 Å². The second-order valence-corrected chi connectivity index (χ2v) is 11.1. The standard InChI is InChI=1S/C29H30N10/c30-26-19-5-2-1-4-18(19)16-29(26)10-14-38(15-11-29)24-17-31-25-27(34-24)36-37-28(25)39-13-3-6-22-23(39)8-7-20(33-22)21-9-12-32-35-21/h1-2,4-5,7-9,12,17,26H,3,6,10-11,13-16,30H2,(H,32,35)(H,34,36,37)/t26-/m1/s1. The van der Waals surface area contributed by atoms with Gasteiger partial charge in [-0.1, -0.05) is 24.3 Å². The molecule has 0 bridgehead atoms. The predicted molar refractivity (Wildman–Crippen MR) is 150 cm³/mol. The highest BCUT2D eigenvalue weighted by Gasteiger charge is 2.46. The van der Waals surface area contributed by atoms with Crippen molar-refractivity contribution >= 4 is 28.5 Å². The Morgan fingerprint density at radius 2 is 1.87 bits per heavy atom. The Morgan fingerprint density at radius 3 is 2.72 bits per heavy atom. The molecule has 2 aliphatic heterocycles. The maximum atomic E-state index is 6.78. The highest BCUT2D eigenvalue weighted by atomic mass is 15.3. The van der Waals surface area contributed by atoms with Gasteiger partial charge in [-0.15, -0.1) is 0 Å². The minimum Gasteiger partial charge on any atom is -0.355 e. The lowest BCUT2D eigenvalue weighted by Crippen LogP contribution is -2.44. The van der Waals surface area contributed by atoms with Crippen molar-refractivity contribution in [1.29, 1.82) is 0 Å². The Morgan fingerprint density at radius 1 is 0.974 bits per heavy atom. The molecule has 8 rings (SSSR count). The number of aryl methyl sites for hydroxylation is 1. The van der Waals surface area contributed by atoms with Crippen LogP contribution < -0.4 is 15.5 Å². The average Bonchev–Trinajstić information content (AvgIpc) is 3.72. The highest BCUT2D eigenvalue weighted by Crippen LogP contribution is 2.51. The van der Waals surface area contributed by atoms with E-state index in [9.17, 15) is 0 Å². The molecule has 1 atom stereocenters. The molecule has 1 aliphatic carbocycles. The van der Waals surface area contributed by atoms with E-state index >= 15 is 0 Å². The number of piperidine rings is 1. The van der Waals surface area contributed by atoms with Gasteiger partial charge in [-0.2, -0.15) is 10.2 Å². The van der Waals surface area contributed by atoms with Crippen LogP contribution in [0.25, 0.3) is 22.6 Å². The van der Waals surface area contributed by atoms with E-state index in [0.29, 0.717) is 5.65 Å². The molecule has 10 heteroatoms. The van der Waals surface area contributed by atoms with Gasteiger partial charge < -0.3 is 15.5 Å². The number of fused-ring (bicyclic) bond motifs is 3. The first-order chi connectivity index (χ1) is 19.2. The third-order valence-corrected chi connectivity index (χ3v) is 8.98. The number of nitrogens with one attached hydrogen (secondary N) is 2. The minimum atomic E-state index is 0.108. The zero-order chi connectivity index (χ0) is 26.0. The van der Waals surface area contributed by atoms with E-state index in [1.165, 1.54) is 11.1 Å². The van der Waals surface area contributed by atoms with Gasteiger partial charge in [-0.05, 0) is 66.8 Å². The summed E-state index contributed by atoms with van der Waals surface area (Å²) < 4.78 is 0. The van der Waals surface area contributed by atoms with Crippen LogP contribution in [0.1, 0.15) is 42.1 Å². The van der Waals surface area contributed by atoms with E-state index in [2.05, 4.69) is 60.5 Å². The first-order valence-electron chi connectivity index (χ1n) is 13.8. The van der Waals surface area contributed by atoms with Crippen LogP contribution in [0.2, 0.25) is 0 Å². The Bertz CT molecular complexity index is 1660. The molecule has 5 aromatic rings. The van der Waals surface area contributed by atoms with E-state index in [1.54, 1.807) is 6.20 Å². The van der Waals surface area contributed by atoms with E-state index < -0.39 is 0 Å². The van der Waals surface area contributed by atoms with Gasteiger partial charge in [0.1, 0.15) is 5.82 Å². The fraction of sp³-hybridized carbons (Fsp3) is 0.345. The van der Waals surface area contributed by atoms with Crippen molar-refractivity contribution in [3.05, 3.63) is 71.7 Å². The summed E-state index contributed by atoms with van der Waals surface area (Å²) in [4.78, 5) is 19.3. The number of H-pyrrole nitrogens is 2. The summed E-state index contributed by atoms with van der Waals surface area (Å²) in [5, 5.41) is 14.9. The molecule has 1 spiro atoms. The van der Waals surface area contributed by atoms with Crippen molar-refractivity contribution in [1.82, 2.24) is 35.3 Å².